The van der Waals surface area contributed by atoms with Crippen molar-refractivity contribution >= 4 is 0 Å². The van der Waals surface area contributed by atoms with Crippen molar-refractivity contribution in [2.45, 2.75) is 65.1 Å². The average Bonchev–Trinajstić information content (AvgIpc) is 2.89. The summed E-state index contributed by atoms with van der Waals surface area (Å²) in [5.74, 6) is 0. The Morgan fingerprint density at radius 2 is 1.94 bits per heavy atom. The molecule has 1 rings (SSSR count). The summed E-state index contributed by atoms with van der Waals surface area (Å²) in [4.78, 5) is 0. The second kappa shape index (κ2) is 6.36. The summed E-state index contributed by atoms with van der Waals surface area (Å²) < 4.78 is 5.46. The summed E-state index contributed by atoms with van der Waals surface area (Å²) in [6, 6.07) is 0. The number of allylic oxidation sites excluding steroid dienone is 4. The fourth-order valence-corrected chi connectivity index (χ4v) is 2.04. The largest absolute Gasteiger partial charge is 0.394 e. The minimum atomic E-state index is -0.0640. The Hall–Kier alpha value is -0.600. The molecule has 2 atom stereocenters. The molecule has 0 saturated carbocycles. The van der Waals surface area contributed by atoms with Gasteiger partial charge in [-0.25, -0.2) is 0 Å². The van der Waals surface area contributed by atoms with Gasteiger partial charge >= 0.3 is 0 Å². The zero-order valence-electron chi connectivity index (χ0n) is 11.6. The Kier molecular flexibility index (Phi) is 5.41. The number of aliphatic hydroxyl groups excluding tert-OH is 1. The topological polar surface area (TPSA) is 32.8 Å². The van der Waals surface area contributed by atoms with Crippen LogP contribution < -0.4 is 0 Å². The molecule has 1 N–H and O–H groups in total. The lowest BCUT2D eigenvalue weighted by Gasteiger charge is -2.04. The molecule has 1 aliphatic rings. The zero-order valence-corrected chi connectivity index (χ0v) is 11.6. The van der Waals surface area contributed by atoms with E-state index in [1.54, 1.807) is 0 Å². The van der Waals surface area contributed by atoms with Gasteiger partial charge < -0.3 is 9.84 Å². The fourth-order valence-electron chi connectivity index (χ4n) is 2.04. The third-order valence-corrected chi connectivity index (χ3v) is 3.43. The molecule has 1 heterocycles. The number of ether oxygens (including phenoxy) is 1. The molecule has 1 fully saturated rings. The standard InChI is InChI=1S/C15H26O2/c1-12(2)7-5-8-13(3)9-6-10-15(4)14(11-16)17-15/h7,9,14,16H,5-6,8,10-11H2,1-4H3/b13-9+/t14-,15-/m1/s1. The first-order valence-corrected chi connectivity index (χ1v) is 6.55. The summed E-state index contributed by atoms with van der Waals surface area (Å²) in [6.45, 7) is 8.71. The molecule has 0 aromatic rings. The number of hydrogen-bond donors (Lipinski definition) is 1. The van der Waals surface area contributed by atoms with E-state index < -0.39 is 0 Å². The predicted octanol–water partition coefficient (Wildman–Crippen LogP) is 3.61. The lowest BCUT2D eigenvalue weighted by atomic mass is 10.00. The van der Waals surface area contributed by atoms with Gasteiger partial charge in [-0.1, -0.05) is 23.3 Å². The van der Waals surface area contributed by atoms with Crippen molar-refractivity contribution in [1.29, 1.82) is 0 Å². The Bertz CT molecular complexity index is 300. The van der Waals surface area contributed by atoms with Crippen LogP contribution in [0, 0.1) is 0 Å². The predicted molar refractivity (Wildman–Crippen MR) is 72.0 cm³/mol. The molecule has 98 valence electrons. The quantitative estimate of drug-likeness (QED) is 0.543. The van der Waals surface area contributed by atoms with Crippen molar-refractivity contribution in [3.05, 3.63) is 23.3 Å². The first-order valence-electron chi connectivity index (χ1n) is 6.55. The van der Waals surface area contributed by atoms with Gasteiger partial charge in [0.2, 0.25) is 0 Å². The van der Waals surface area contributed by atoms with E-state index in [9.17, 15) is 0 Å². The van der Waals surface area contributed by atoms with Crippen molar-refractivity contribution in [2.24, 2.45) is 0 Å². The van der Waals surface area contributed by atoms with Crippen LogP contribution in [-0.2, 0) is 4.74 Å². The van der Waals surface area contributed by atoms with Crippen LogP contribution in [0.15, 0.2) is 23.3 Å². The number of epoxide rings is 1. The Morgan fingerprint density at radius 1 is 1.24 bits per heavy atom. The molecule has 0 radical (unpaired) electrons. The van der Waals surface area contributed by atoms with Crippen LogP contribution in [0.1, 0.15) is 53.4 Å². The van der Waals surface area contributed by atoms with Gasteiger partial charge in [0.05, 0.1) is 12.2 Å². The molecule has 1 saturated heterocycles. The summed E-state index contributed by atoms with van der Waals surface area (Å²) >= 11 is 0. The molecule has 0 spiro atoms. The molecule has 2 heteroatoms. The summed E-state index contributed by atoms with van der Waals surface area (Å²) in [5, 5.41) is 8.97. The highest BCUT2D eigenvalue weighted by Gasteiger charge is 2.50. The molecule has 0 amide bonds. The first-order chi connectivity index (χ1) is 7.98. The smallest absolute Gasteiger partial charge is 0.110 e. The summed E-state index contributed by atoms with van der Waals surface area (Å²) in [6.07, 6.45) is 9.00. The maximum absolute atomic E-state index is 8.97. The lowest BCUT2D eigenvalue weighted by molar-refractivity contribution is 0.235. The van der Waals surface area contributed by atoms with E-state index in [0.717, 1.165) is 25.7 Å². The highest BCUT2D eigenvalue weighted by Crippen LogP contribution is 2.39. The molecule has 17 heavy (non-hydrogen) atoms. The van der Waals surface area contributed by atoms with Crippen LogP contribution >= 0.6 is 0 Å². The number of hydrogen-bond acceptors (Lipinski definition) is 2. The Balaban J connectivity index is 2.18. The highest BCUT2D eigenvalue weighted by molar-refractivity contribution is 5.05. The van der Waals surface area contributed by atoms with E-state index >= 15 is 0 Å². The normalized spacial score (nSPS) is 28.1. The number of aliphatic hydroxyl groups is 1. The fraction of sp³-hybridized carbons (Fsp3) is 0.733. The molecule has 0 unspecified atom stereocenters. The maximum Gasteiger partial charge on any atom is 0.110 e. The van der Waals surface area contributed by atoms with Gasteiger partial charge in [0.25, 0.3) is 0 Å². The SMILES string of the molecule is CC(C)=CCC/C(C)=C/CC[C@@]1(C)O[C@@H]1CO. The minimum Gasteiger partial charge on any atom is -0.394 e. The summed E-state index contributed by atoms with van der Waals surface area (Å²) in [5.41, 5.74) is 2.78. The zero-order chi connectivity index (χ0) is 12.9. The van der Waals surface area contributed by atoms with Gasteiger partial charge in [0.15, 0.2) is 0 Å². The van der Waals surface area contributed by atoms with E-state index in [4.69, 9.17) is 9.84 Å². The average molecular weight is 238 g/mol. The van der Waals surface area contributed by atoms with Gasteiger partial charge in [0.1, 0.15) is 6.10 Å². The number of rotatable bonds is 7. The molecule has 1 aliphatic heterocycles. The van der Waals surface area contributed by atoms with Crippen LogP contribution in [0.3, 0.4) is 0 Å². The van der Waals surface area contributed by atoms with Crippen molar-refractivity contribution in [2.75, 3.05) is 6.61 Å². The molecule has 0 bridgehead atoms. The van der Waals surface area contributed by atoms with Crippen molar-refractivity contribution in [3.63, 3.8) is 0 Å². The van der Waals surface area contributed by atoms with E-state index in [0.29, 0.717) is 0 Å². The van der Waals surface area contributed by atoms with Gasteiger partial charge in [-0.05, 0) is 53.4 Å². The maximum atomic E-state index is 8.97. The third kappa shape index (κ3) is 5.05. The van der Waals surface area contributed by atoms with E-state index in [1.165, 1.54) is 11.1 Å². The van der Waals surface area contributed by atoms with Gasteiger partial charge in [0, 0.05) is 0 Å². The Morgan fingerprint density at radius 3 is 2.47 bits per heavy atom. The molecule has 2 nitrogen and oxygen atoms in total. The van der Waals surface area contributed by atoms with E-state index in [-0.39, 0.29) is 18.3 Å². The monoisotopic (exact) mass is 238 g/mol. The van der Waals surface area contributed by atoms with Crippen LogP contribution in [0.4, 0.5) is 0 Å². The van der Waals surface area contributed by atoms with Crippen molar-refractivity contribution < 1.29 is 9.84 Å². The molecular weight excluding hydrogens is 212 g/mol. The third-order valence-electron chi connectivity index (χ3n) is 3.43. The highest BCUT2D eigenvalue weighted by atomic mass is 16.6. The lowest BCUT2D eigenvalue weighted by Crippen LogP contribution is -2.11. The second-order valence-corrected chi connectivity index (χ2v) is 5.51. The van der Waals surface area contributed by atoms with Crippen LogP contribution in [0.5, 0.6) is 0 Å². The Labute approximate surface area is 105 Å². The minimum absolute atomic E-state index is 0.0640. The molecule has 0 aromatic carbocycles. The van der Waals surface area contributed by atoms with Crippen LogP contribution in [-0.4, -0.2) is 23.4 Å². The van der Waals surface area contributed by atoms with Gasteiger partial charge in [-0.3, -0.25) is 0 Å². The second-order valence-electron chi connectivity index (χ2n) is 5.51. The molecule has 0 aromatic heterocycles. The van der Waals surface area contributed by atoms with Crippen molar-refractivity contribution in [3.8, 4) is 0 Å². The summed E-state index contributed by atoms with van der Waals surface area (Å²) in [7, 11) is 0. The van der Waals surface area contributed by atoms with E-state index in [1.807, 2.05) is 0 Å². The first kappa shape index (κ1) is 14.5. The van der Waals surface area contributed by atoms with Crippen LogP contribution in [0.25, 0.3) is 0 Å². The van der Waals surface area contributed by atoms with Gasteiger partial charge in [-0.2, -0.15) is 0 Å². The van der Waals surface area contributed by atoms with E-state index in [2.05, 4.69) is 39.8 Å². The molecule has 0 aliphatic carbocycles. The molecular formula is C15H26O2. The van der Waals surface area contributed by atoms with Gasteiger partial charge in [-0.15, -0.1) is 0 Å². The van der Waals surface area contributed by atoms with Crippen LogP contribution in [0.2, 0.25) is 0 Å². The van der Waals surface area contributed by atoms with Crippen molar-refractivity contribution in [1.82, 2.24) is 0 Å².